The number of nitrogens with one attached hydrogen (secondary N) is 1. The summed E-state index contributed by atoms with van der Waals surface area (Å²) in [5.41, 5.74) is -0.789. The quantitative estimate of drug-likeness (QED) is 0.529. The molecule has 10 heteroatoms. The number of amides is 1. The lowest BCUT2D eigenvalue weighted by atomic mass is 10.2. The zero-order valence-corrected chi connectivity index (χ0v) is 16.0. The first kappa shape index (κ1) is 20.1. The monoisotopic (exact) mass is 423 g/mol. The largest absolute Gasteiger partial charge is 0.332 e. The van der Waals surface area contributed by atoms with Crippen LogP contribution in [0, 0.1) is 11.6 Å². The fraction of sp³-hybridized carbons (Fsp3) is 0.0952. The molecule has 156 valence electrons. The zero-order chi connectivity index (χ0) is 22.0. The fourth-order valence-electron chi connectivity index (χ4n) is 3.13. The molecule has 0 aliphatic carbocycles. The Hall–Kier alpha value is -4.21. The van der Waals surface area contributed by atoms with Crippen LogP contribution in [0.15, 0.2) is 70.6 Å². The number of pyridine rings is 2. The Labute approximate surface area is 173 Å². The van der Waals surface area contributed by atoms with Crippen molar-refractivity contribution < 1.29 is 13.6 Å². The zero-order valence-electron chi connectivity index (χ0n) is 16.0. The van der Waals surface area contributed by atoms with Crippen LogP contribution in [0.2, 0.25) is 0 Å². The van der Waals surface area contributed by atoms with Gasteiger partial charge in [0.2, 0.25) is 5.91 Å². The van der Waals surface area contributed by atoms with Crippen molar-refractivity contribution in [2.75, 3.05) is 5.32 Å². The molecule has 3 aromatic heterocycles. The first-order valence-corrected chi connectivity index (χ1v) is 9.16. The molecule has 4 aromatic rings. The summed E-state index contributed by atoms with van der Waals surface area (Å²) >= 11 is 0. The van der Waals surface area contributed by atoms with Crippen molar-refractivity contribution in [3.63, 3.8) is 0 Å². The first-order valence-electron chi connectivity index (χ1n) is 9.16. The summed E-state index contributed by atoms with van der Waals surface area (Å²) < 4.78 is 29.0. The number of halogens is 2. The number of benzene rings is 1. The summed E-state index contributed by atoms with van der Waals surface area (Å²) in [6, 6.07) is 9.10. The lowest BCUT2D eigenvalue weighted by molar-refractivity contribution is -0.116. The molecule has 0 saturated heterocycles. The van der Waals surface area contributed by atoms with E-state index >= 15 is 0 Å². The van der Waals surface area contributed by atoms with Gasteiger partial charge in [-0.1, -0.05) is 6.07 Å². The number of nitrogens with zero attached hydrogens (tertiary/aromatic N) is 4. The third kappa shape index (κ3) is 4.08. The number of carbonyl (C=O) groups is 1. The van der Waals surface area contributed by atoms with Crippen molar-refractivity contribution >= 4 is 22.6 Å². The second kappa shape index (κ2) is 8.27. The maximum atomic E-state index is 13.9. The predicted molar refractivity (Wildman–Crippen MR) is 109 cm³/mol. The molecule has 0 atom stereocenters. The maximum Gasteiger partial charge on any atom is 0.332 e. The van der Waals surface area contributed by atoms with E-state index in [1.165, 1.54) is 24.5 Å². The number of fused-ring (bicyclic) bond motifs is 1. The smallest absolute Gasteiger partial charge is 0.322 e. The van der Waals surface area contributed by atoms with Crippen LogP contribution in [0.4, 0.5) is 14.5 Å². The molecule has 8 nitrogen and oxygen atoms in total. The Kier molecular flexibility index (Phi) is 5.35. The summed E-state index contributed by atoms with van der Waals surface area (Å²) in [5, 5.41) is 2.30. The van der Waals surface area contributed by atoms with E-state index in [4.69, 9.17) is 0 Å². The van der Waals surface area contributed by atoms with E-state index in [0.29, 0.717) is 11.6 Å². The molecule has 3 heterocycles. The van der Waals surface area contributed by atoms with Crippen LogP contribution in [0.25, 0.3) is 11.0 Å². The van der Waals surface area contributed by atoms with Gasteiger partial charge in [0.1, 0.15) is 18.2 Å². The normalized spacial score (nSPS) is 10.9. The van der Waals surface area contributed by atoms with Gasteiger partial charge in [-0.15, -0.1) is 0 Å². The van der Waals surface area contributed by atoms with Gasteiger partial charge in [0.15, 0.2) is 5.52 Å². The number of hydrogen-bond donors (Lipinski definition) is 1. The Morgan fingerprint density at radius 3 is 2.58 bits per heavy atom. The van der Waals surface area contributed by atoms with Crippen molar-refractivity contribution in [3.8, 4) is 0 Å². The third-order valence-electron chi connectivity index (χ3n) is 4.56. The fourth-order valence-corrected chi connectivity index (χ4v) is 3.13. The van der Waals surface area contributed by atoms with Gasteiger partial charge in [0.05, 0.1) is 17.7 Å². The SMILES string of the molecule is O=C(Cn1c(=O)n(Cc2cccnc2)c(=O)c2ncccc21)Nc1ccc(F)cc1F. The summed E-state index contributed by atoms with van der Waals surface area (Å²) in [5.74, 6) is -2.47. The molecule has 1 N–H and O–H groups in total. The third-order valence-corrected chi connectivity index (χ3v) is 4.56. The van der Waals surface area contributed by atoms with Crippen LogP contribution in [-0.4, -0.2) is 25.0 Å². The molecule has 1 amide bonds. The van der Waals surface area contributed by atoms with Crippen LogP contribution in [-0.2, 0) is 17.9 Å². The van der Waals surface area contributed by atoms with Crippen LogP contribution in [0.3, 0.4) is 0 Å². The van der Waals surface area contributed by atoms with E-state index in [1.807, 2.05) is 0 Å². The molecular formula is C21H15F2N5O3. The minimum Gasteiger partial charge on any atom is -0.322 e. The Morgan fingerprint density at radius 1 is 1.03 bits per heavy atom. The van der Waals surface area contributed by atoms with E-state index in [9.17, 15) is 23.2 Å². The van der Waals surface area contributed by atoms with Crippen molar-refractivity contribution in [2.24, 2.45) is 0 Å². The Balaban J connectivity index is 1.75. The van der Waals surface area contributed by atoms with Crippen molar-refractivity contribution in [1.82, 2.24) is 19.1 Å². The molecule has 0 bridgehead atoms. The highest BCUT2D eigenvalue weighted by atomic mass is 19.1. The molecule has 0 aliphatic rings. The highest BCUT2D eigenvalue weighted by Gasteiger charge is 2.17. The van der Waals surface area contributed by atoms with Crippen molar-refractivity contribution in [3.05, 3.63) is 99.1 Å². The lowest BCUT2D eigenvalue weighted by Gasteiger charge is -2.14. The van der Waals surface area contributed by atoms with E-state index in [0.717, 1.165) is 21.3 Å². The molecule has 4 rings (SSSR count). The molecule has 0 saturated carbocycles. The molecule has 0 unspecified atom stereocenters. The van der Waals surface area contributed by atoms with Crippen LogP contribution < -0.4 is 16.6 Å². The van der Waals surface area contributed by atoms with Gasteiger partial charge < -0.3 is 5.32 Å². The van der Waals surface area contributed by atoms with E-state index in [1.54, 1.807) is 18.3 Å². The Morgan fingerprint density at radius 2 is 1.84 bits per heavy atom. The number of hydrogen-bond acceptors (Lipinski definition) is 5. The van der Waals surface area contributed by atoms with Crippen molar-refractivity contribution in [2.45, 2.75) is 13.1 Å². The standard InChI is InChI=1S/C21H15F2N5O3/c22-14-5-6-16(15(23)9-14)26-18(29)12-27-17-4-2-8-25-19(17)20(30)28(21(27)31)11-13-3-1-7-24-10-13/h1-10H,11-12H2,(H,26,29). The summed E-state index contributed by atoms with van der Waals surface area (Å²) in [6.45, 7) is -0.572. The van der Waals surface area contributed by atoms with E-state index in [-0.39, 0.29) is 23.3 Å². The molecule has 0 fully saturated rings. The van der Waals surface area contributed by atoms with Gasteiger partial charge in [-0.05, 0) is 35.9 Å². The molecule has 31 heavy (non-hydrogen) atoms. The molecular weight excluding hydrogens is 408 g/mol. The highest BCUT2D eigenvalue weighted by Crippen LogP contribution is 2.15. The van der Waals surface area contributed by atoms with Gasteiger partial charge in [-0.25, -0.2) is 18.6 Å². The maximum absolute atomic E-state index is 13.9. The van der Waals surface area contributed by atoms with Gasteiger partial charge in [0.25, 0.3) is 5.56 Å². The van der Waals surface area contributed by atoms with E-state index < -0.39 is 35.3 Å². The first-order chi connectivity index (χ1) is 14.9. The Bertz CT molecular complexity index is 1400. The topological polar surface area (TPSA) is 98.9 Å². The average Bonchev–Trinajstić information content (AvgIpc) is 2.77. The summed E-state index contributed by atoms with van der Waals surface area (Å²) in [6.07, 6.45) is 4.48. The van der Waals surface area contributed by atoms with Crippen LogP contribution in [0.5, 0.6) is 0 Å². The predicted octanol–water partition coefficient (Wildman–Crippen LogP) is 1.92. The van der Waals surface area contributed by atoms with Gasteiger partial charge in [0, 0.05) is 24.7 Å². The number of aromatic nitrogens is 4. The van der Waals surface area contributed by atoms with Gasteiger partial charge >= 0.3 is 5.69 Å². The highest BCUT2D eigenvalue weighted by molar-refractivity contribution is 5.91. The minimum absolute atomic E-state index is 0.00625. The summed E-state index contributed by atoms with van der Waals surface area (Å²) in [4.78, 5) is 46.5. The molecule has 0 aliphatic heterocycles. The molecule has 0 spiro atoms. The second-order valence-electron chi connectivity index (χ2n) is 6.66. The average molecular weight is 423 g/mol. The number of anilines is 1. The number of carbonyl (C=O) groups excluding carboxylic acids is 1. The summed E-state index contributed by atoms with van der Waals surface area (Å²) in [7, 11) is 0. The van der Waals surface area contributed by atoms with E-state index in [2.05, 4.69) is 15.3 Å². The van der Waals surface area contributed by atoms with Gasteiger partial charge in [-0.2, -0.15) is 0 Å². The molecule has 0 radical (unpaired) electrons. The molecule has 1 aromatic carbocycles. The van der Waals surface area contributed by atoms with Crippen molar-refractivity contribution in [1.29, 1.82) is 0 Å². The number of rotatable bonds is 5. The van der Waals surface area contributed by atoms with Crippen LogP contribution in [0.1, 0.15) is 5.56 Å². The van der Waals surface area contributed by atoms with Crippen LogP contribution >= 0.6 is 0 Å². The van der Waals surface area contributed by atoms with Gasteiger partial charge in [-0.3, -0.25) is 23.7 Å². The lowest BCUT2D eigenvalue weighted by Crippen LogP contribution is -2.42. The second-order valence-corrected chi connectivity index (χ2v) is 6.66. The minimum atomic E-state index is -0.950.